The minimum Gasteiger partial charge on any atom is -0.450 e. The van der Waals surface area contributed by atoms with Crippen molar-refractivity contribution >= 4 is 16.9 Å². The highest BCUT2D eigenvalue weighted by Gasteiger charge is 2.20. The summed E-state index contributed by atoms with van der Waals surface area (Å²) in [5.41, 5.74) is 4.00. The lowest BCUT2D eigenvalue weighted by Crippen LogP contribution is -2.33. The largest absolute Gasteiger partial charge is 0.450 e. The van der Waals surface area contributed by atoms with E-state index < -0.39 is 0 Å². The molecule has 4 heteroatoms. The van der Waals surface area contributed by atoms with Gasteiger partial charge in [0.05, 0.1) is 0 Å². The van der Waals surface area contributed by atoms with E-state index in [0.29, 0.717) is 18.2 Å². The molecule has 0 saturated carbocycles. The summed E-state index contributed by atoms with van der Waals surface area (Å²) < 4.78 is 5.89. The Hall–Kier alpha value is -1.81. The van der Waals surface area contributed by atoms with E-state index in [1.807, 2.05) is 19.9 Å². The Bertz CT molecular complexity index is 712. The molecule has 0 radical (unpaired) electrons. The van der Waals surface area contributed by atoms with Crippen LogP contribution in [0.1, 0.15) is 46.5 Å². The minimum atomic E-state index is -0.0960. The number of carbonyl (C=O) groups excluding carboxylic acids is 1. The van der Waals surface area contributed by atoms with Crippen LogP contribution in [-0.4, -0.2) is 25.5 Å². The molecule has 23 heavy (non-hydrogen) atoms. The van der Waals surface area contributed by atoms with Crippen LogP contribution in [0.3, 0.4) is 0 Å². The molecular weight excluding hydrogens is 288 g/mol. The monoisotopic (exact) mass is 314 g/mol. The Morgan fingerprint density at radius 1 is 1.30 bits per heavy atom. The number of fused-ring (bicyclic) bond motifs is 1. The molecule has 1 saturated heterocycles. The van der Waals surface area contributed by atoms with Crippen LogP contribution in [0.4, 0.5) is 0 Å². The molecule has 0 bridgehead atoms. The van der Waals surface area contributed by atoms with Gasteiger partial charge in [-0.1, -0.05) is 12.1 Å². The second-order valence-corrected chi connectivity index (χ2v) is 6.72. The number of aryl methyl sites for hydroxylation is 3. The molecule has 0 spiro atoms. The average molecular weight is 314 g/mol. The van der Waals surface area contributed by atoms with Gasteiger partial charge >= 0.3 is 0 Å². The molecule has 1 unspecified atom stereocenters. The van der Waals surface area contributed by atoms with Gasteiger partial charge in [-0.3, -0.25) is 4.79 Å². The van der Waals surface area contributed by atoms with Crippen molar-refractivity contribution in [2.24, 2.45) is 5.92 Å². The third kappa shape index (κ3) is 3.27. The van der Waals surface area contributed by atoms with Crippen molar-refractivity contribution in [2.45, 2.75) is 40.0 Å². The maximum atomic E-state index is 12.5. The zero-order chi connectivity index (χ0) is 16.4. The van der Waals surface area contributed by atoms with Gasteiger partial charge in [0.25, 0.3) is 5.91 Å². The number of benzene rings is 1. The fraction of sp³-hybridized carbons (Fsp3) is 0.526. The van der Waals surface area contributed by atoms with Crippen molar-refractivity contribution in [3.8, 4) is 0 Å². The quantitative estimate of drug-likeness (QED) is 0.908. The first-order valence-corrected chi connectivity index (χ1v) is 8.56. The van der Waals surface area contributed by atoms with Gasteiger partial charge in [-0.15, -0.1) is 0 Å². The van der Waals surface area contributed by atoms with E-state index in [2.05, 4.69) is 23.6 Å². The standard InChI is InChI=1S/C19H26N2O2/c1-12-6-7-13(2)17-16(12)14(3)18(23-17)19(22)21-10-8-15-5-4-9-20-11-15/h6-7,15,20H,4-5,8-11H2,1-3H3,(H,21,22). The molecule has 2 heterocycles. The predicted molar refractivity (Wildman–Crippen MR) is 93.0 cm³/mol. The topological polar surface area (TPSA) is 54.3 Å². The van der Waals surface area contributed by atoms with Crippen LogP contribution in [0.15, 0.2) is 16.5 Å². The van der Waals surface area contributed by atoms with E-state index in [-0.39, 0.29) is 5.91 Å². The van der Waals surface area contributed by atoms with Crippen LogP contribution in [-0.2, 0) is 0 Å². The normalized spacial score (nSPS) is 18.3. The molecule has 0 aliphatic carbocycles. The van der Waals surface area contributed by atoms with Crippen molar-refractivity contribution in [3.63, 3.8) is 0 Å². The van der Waals surface area contributed by atoms with Gasteiger partial charge < -0.3 is 15.1 Å². The molecule has 3 rings (SSSR count). The van der Waals surface area contributed by atoms with Gasteiger partial charge in [0.2, 0.25) is 0 Å². The van der Waals surface area contributed by atoms with E-state index in [0.717, 1.165) is 47.2 Å². The SMILES string of the molecule is Cc1ccc(C)c2c(C)c(C(=O)NCCC3CCCNC3)oc12. The summed E-state index contributed by atoms with van der Waals surface area (Å²) >= 11 is 0. The molecule has 2 N–H and O–H groups in total. The Kier molecular flexibility index (Phi) is 4.71. The summed E-state index contributed by atoms with van der Waals surface area (Å²) in [6.07, 6.45) is 3.51. The van der Waals surface area contributed by atoms with Gasteiger partial charge in [0.15, 0.2) is 5.76 Å². The number of piperidine rings is 1. The zero-order valence-corrected chi connectivity index (χ0v) is 14.3. The number of carbonyl (C=O) groups is 1. The van der Waals surface area contributed by atoms with Gasteiger partial charge in [-0.25, -0.2) is 0 Å². The van der Waals surface area contributed by atoms with Crippen LogP contribution in [0, 0.1) is 26.7 Å². The van der Waals surface area contributed by atoms with Crippen molar-refractivity contribution in [2.75, 3.05) is 19.6 Å². The second-order valence-electron chi connectivity index (χ2n) is 6.72. The van der Waals surface area contributed by atoms with Crippen LogP contribution in [0.2, 0.25) is 0 Å². The lowest BCUT2D eigenvalue weighted by atomic mass is 9.96. The number of rotatable bonds is 4. The van der Waals surface area contributed by atoms with Crippen molar-refractivity contribution < 1.29 is 9.21 Å². The highest BCUT2D eigenvalue weighted by atomic mass is 16.3. The average Bonchev–Trinajstić information content (AvgIpc) is 2.91. The first kappa shape index (κ1) is 16.1. The van der Waals surface area contributed by atoms with E-state index in [1.54, 1.807) is 0 Å². The highest BCUT2D eigenvalue weighted by Crippen LogP contribution is 2.30. The summed E-state index contributed by atoms with van der Waals surface area (Å²) in [6.45, 7) is 8.94. The number of furan rings is 1. The van der Waals surface area contributed by atoms with Crippen LogP contribution >= 0.6 is 0 Å². The second kappa shape index (κ2) is 6.75. The number of hydrogen-bond donors (Lipinski definition) is 2. The predicted octanol–water partition coefficient (Wildman–Crippen LogP) is 3.48. The molecular formula is C19H26N2O2. The first-order chi connectivity index (χ1) is 11.1. The van der Waals surface area contributed by atoms with Crippen LogP contribution in [0.5, 0.6) is 0 Å². The van der Waals surface area contributed by atoms with Crippen molar-refractivity contribution in [3.05, 3.63) is 34.6 Å². The Morgan fingerprint density at radius 2 is 2.09 bits per heavy atom. The summed E-state index contributed by atoms with van der Waals surface area (Å²) in [6, 6.07) is 4.12. The number of amides is 1. The molecule has 1 aliphatic heterocycles. The molecule has 124 valence electrons. The minimum absolute atomic E-state index is 0.0960. The summed E-state index contributed by atoms with van der Waals surface area (Å²) in [7, 11) is 0. The van der Waals surface area contributed by atoms with Crippen molar-refractivity contribution in [1.82, 2.24) is 10.6 Å². The van der Waals surface area contributed by atoms with Crippen molar-refractivity contribution in [1.29, 1.82) is 0 Å². The number of hydrogen-bond acceptors (Lipinski definition) is 3. The first-order valence-electron chi connectivity index (χ1n) is 8.56. The van der Waals surface area contributed by atoms with Gasteiger partial charge in [-0.2, -0.15) is 0 Å². The van der Waals surface area contributed by atoms with E-state index in [9.17, 15) is 4.79 Å². The fourth-order valence-corrected chi connectivity index (χ4v) is 3.53. The van der Waals surface area contributed by atoms with E-state index >= 15 is 0 Å². The van der Waals surface area contributed by atoms with E-state index in [1.165, 1.54) is 12.8 Å². The Balaban J connectivity index is 1.70. The third-order valence-electron chi connectivity index (χ3n) is 4.93. The molecule has 1 aromatic heterocycles. The maximum absolute atomic E-state index is 12.5. The van der Waals surface area contributed by atoms with Gasteiger partial charge in [0, 0.05) is 17.5 Å². The zero-order valence-electron chi connectivity index (χ0n) is 14.3. The van der Waals surface area contributed by atoms with Crippen LogP contribution < -0.4 is 10.6 Å². The summed E-state index contributed by atoms with van der Waals surface area (Å²) in [5.74, 6) is 1.03. The molecule has 1 fully saturated rings. The van der Waals surface area contributed by atoms with Crippen LogP contribution in [0.25, 0.3) is 11.0 Å². The molecule has 1 amide bonds. The Morgan fingerprint density at radius 3 is 2.78 bits per heavy atom. The molecule has 4 nitrogen and oxygen atoms in total. The summed E-state index contributed by atoms with van der Waals surface area (Å²) in [4.78, 5) is 12.5. The third-order valence-corrected chi connectivity index (χ3v) is 4.93. The maximum Gasteiger partial charge on any atom is 0.287 e. The van der Waals surface area contributed by atoms with E-state index in [4.69, 9.17) is 4.42 Å². The molecule has 1 aromatic carbocycles. The summed E-state index contributed by atoms with van der Waals surface area (Å²) in [5, 5.41) is 7.51. The molecule has 1 atom stereocenters. The fourth-order valence-electron chi connectivity index (χ4n) is 3.53. The smallest absolute Gasteiger partial charge is 0.287 e. The van der Waals surface area contributed by atoms with Gasteiger partial charge in [-0.05, 0) is 70.2 Å². The highest BCUT2D eigenvalue weighted by molar-refractivity contribution is 6.00. The van der Waals surface area contributed by atoms with Gasteiger partial charge in [0.1, 0.15) is 5.58 Å². The lowest BCUT2D eigenvalue weighted by Gasteiger charge is -2.22. The molecule has 1 aliphatic rings. The Labute approximate surface area is 137 Å². The number of nitrogens with one attached hydrogen (secondary N) is 2. The molecule has 2 aromatic rings. The lowest BCUT2D eigenvalue weighted by molar-refractivity contribution is 0.0924.